The van der Waals surface area contributed by atoms with Crippen LogP contribution in [0.15, 0.2) is 22.7 Å². The van der Waals surface area contributed by atoms with E-state index >= 15 is 0 Å². The minimum atomic E-state index is -0.386. The number of hydrogen-bond acceptors (Lipinski definition) is 3. The first-order valence-corrected chi connectivity index (χ1v) is 6.96. The molecule has 7 heteroatoms. The van der Waals surface area contributed by atoms with Crippen molar-refractivity contribution in [3.63, 3.8) is 0 Å². The van der Waals surface area contributed by atoms with Gasteiger partial charge in [-0.25, -0.2) is 4.39 Å². The van der Waals surface area contributed by atoms with Crippen molar-refractivity contribution in [1.29, 1.82) is 0 Å². The maximum Gasteiger partial charge on any atom is 0.280 e. The van der Waals surface area contributed by atoms with Gasteiger partial charge in [0.2, 0.25) is 0 Å². The first-order chi connectivity index (χ1) is 8.10. The minimum Gasteiger partial charge on any atom is -0.430 e. The number of thiazole rings is 1. The molecule has 1 heterocycles. The summed E-state index contributed by atoms with van der Waals surface area (Å²) < 4.78 is 19.1. The third-order valence-corrected chi connectivity index (χ3v) is 4.28. The predicted molar refractivity (Wildman–Crippen MR) is 70.9 cm³/mol. The Morgan fingerprint density at radius 3 is 2.88 bits per heavy atom. The molecule has 0 aliphatic carbocycles. The van der Waals surface area contributed by atoms with E-state index in [9.17, 15) is 4.39 Å². The van der Waals surface area contributed by atoms with Crippen LogP contribution in [0.3, 0.4) is 0 Å². The van der Waals surface area contributed by atoms with Crippen LogP contribution in [0, 0.1) is 5.82 Å². The van der Waals surface area contributed by atoms with Gasteiger partial charge in [-0.3, -0.25) is 0 Å². The van der Waals surface area contributed by atoms with Crippen LogP contribution >= 0.6 is 50.5 Å². The predicted octanol–water partition coefficient (Wildman–Crippen LogP) is 5.23. The van der Waals surface area contributed by atoms with Crippen LogP contribution in [0.5, 0.6) is 10.9 Å². The highest BCUT2D eigenvalue weighted by molar-refractivity contribution is 9.10. The summed E-state index contributed by atoms with van der Waals surface area (Å²) in [6.45, 7) is 0. The van der Waals surface area contributed by atoms with Gasteiger partial charge in [-0.15, -0.1) is 11.6 Å². The number of halogens is 4. The highest BCUT2D eigenvalue weighted by Crippen LogP contribution is 2.35. The summed E-state index contributed by atoms with van der Waals surface area (Å²) in [6.07, 6.45) is 0. The summed E-state index contributed by atoms with van der Waals surface area (Å²) >= 11 is 16.0. The average Bonchev–Trinajstić information content (AvgIpc) is 2.64. The van der Waals surface area contributed by atoms with Gasteiger partial charge in [0.05, 0.1) is 15.2 Å². The van der Waals surface area contributed by atoms with Crippen LogP contribution < -0.4 is 4.74 Å². The molecule has 0 N–H and O–H groups in total. The molecule has 0 radical (unpaired) electrons. The Hall–Kier alpha value is -0.360. The van der Waals surface area contributed by atoms with Crippen LogP contribution in [-0.2, 0) is 5.88 Å². The number of nitrogens with zero attached hydrogens (tertiary/aromatic N) is 1. The Labute approximate surface area is 119 Å². The monoisotopic (exact) mass is 355 g/mol. The molecule has 0 aliphatic heterocycles. The first-order valence-electron chi connectivity index (χ1n) is 4.44. The lowest BCUT2D eigenvalue weighted by Gasteiger charge is -2.03. The van der Waals surface area contributed by atoms with Gasteiger partial charge in [0.15, 0.2) is 0 Å². The zero-order chi connectivity index (χ0) is 12.4. The van der Waals surface area contributed by atoms with Crippen molar-refractivity contribution in [3.8, 4) is 10.9 Å². The van der Waals surface area contributed by atoms with Gasteiger partial charge in [-0.2, -0.15) is 4.98 Å². The highest BCUT2D eigenvalue weighted by atomic mass is 79.9. The molecule has 1 aromatic carbocycles. The van der Waals surface area contributed by atoms with E-state index in [1.54, 1.807) is 6.07 Å². The SMILES string of the molecule is Fc1ccc(Br)c(Oc2nc(Cl)c(CCl)s2)c1. The van der Waals surface area contributed by atoms with Crippen LogP contribution in [0.2, 0.25) is 5.15 Å². The van der Waals surface area contributed by atoms with Gasteiger partial charge < -0.3 is 4.74 Å². The molecule has 0 bridgehead atoms. The first kappa shape index (κ1) is 13.1. The molecular weight excluding hydrogens is 352 g/mol. The summed E-state index contributed by atoms with van der Waals surface area (Å²) in [4.78, 5) is 4.70. The molecule has 0 saturated heterocycles. The van der Waals surface area contributed by atoms with E-state index in [0.717, 1.165) is 4.88 Å². The van der Waals surface area contributed by atoms with Crippen LogP contribution in [0.25, 0.3) is 0 Å². The third kappa shape index (κ3) is 3.10. The summed E-state index contributed by atoms with van der Waals surface area (Å²) in [6, 6.07) is 4.15. The fourth-order valence-electron chi connectivity index (χ4n) is 1.09. The third-order valence-electron chi connectivity index (χ3n) is 1.84. The van der Waals surface area contributed by atoms with E-state index in [1.165, 1.54) is 23.5 Å². The Kier molecular flexibility index (Phi) is 4.25. The Morgan fingerprint density at radius 2 is 2.24 bits per heavy atom. The summed E-state index contributed by atoms with van der Waals surface area (Å²) in [7, 11) is 0. The average molecular weight is 357 g/mol. The molecule has 2 nitrogen and oxygen atoms in total. The molecule has 0 saturated carbocycles. The van der Waals surface area contributed by atoms with E-state index < -0.39 is 0 Å². The van der Waals surface area contributed by atoms with Gasteiger partial charge in [0, 0.05) is 6.07 Å². The van der Waals surface area contributed by atoms with Crippen molar-refractivity contribution in [2.45, 2.75) is 5.88 Å². The van der Waals surface area contributed by atoms with Gasteiger partial charge in [0.1, 0.15) is 16.7 Å². The van der Waals surface area contributed by atoms with Crippen molar-refractivity contribution in [2.24, 2.45) is 0 Å². The second-order valence-corrected chi connectivity index (χ2v) is 5.53. The molecule has 1 aromatic heterocycles. The second kappa shape index (κ2) is 5.52. The van der Waals surface area contributed by atoms with E-state index in [0.29, 0.717) is 20.6 Å². The number of alkyl halides is 1. The van der Waals surface area contributed by atoms with Gasteiger partial charge in [-0.1, -0.05) is 22.9 Å². The van der Waals surface area contributed by atoms with E-state index in [4.69, 9.17) is 27.9 Å². The van der Waals surface area contributed by atoms with Gasteiger partial charge in [-0.05, 0) is 28.1 Å². The lowest BCUT2D eigenvalue weighted by atomic mass is 10.3. The van der Waals surface area contributed by atoms with Gasteiger partial charge >= 0.3 is 0 Å². The molecule has 2 rings (SSSR count). The Balaban J connectivity index is 2.27. The molecule has 0 spiro atoms. The maximum atomic E-state index is 13.0. The molecule has 0 aliphatic rings. The van der Waals surface area contributed by atoms with Crippen LogP contribution in [-0.4, -0.2) is 4.98 Å². The lowest BCUT2D eigenvalue weighted by Crippen LogP contribution is -1.85. The van der Waals surface area contributed by atoms with Crippen molar-refractivity contribution < 1.29 is 9.13 Å². The zero-order valence-corrected chi connectivity index (χ0v) is 12.1. The molecule has 0 amide bonds. The number of ether oxygens (including phenoxy) is 1. The molecular formula is C10H5BrCl2FNOS. The zero-order valence-electron chi connectivity index (χ0n) is 8.21. The maximum absolute atomic E-state index is 13.0. The quantitative estimate of drug-likeness (QED) is 0.702. The minimum absolute atomic E-state index is 0.268. The summed E-state index contributed by atoms with van der Waals surface area (Å²) in [5, 5.41) is 0.643. The van der Waals surface area contributed by atoms with Crippen LogP contribution in [0.4, 0.5) is 4.39 Å². The highest BCUT2D eigenvalue weighted by Gasteiger charge is 2.12. The molecule has 0 atom stereocenters. The number of rotatable bonds is 3. The largest absolute Gasteiger partial charge is 0.430 e. The second-order valence-electron chi connectivity index (χ2n) is 3.00. The lowest BCUT2D eigenvalue weighted by molar-refractivity contribution is 0.470. The van der Waals surface area contributed by atoms with E-state index in [-0.39, 0.29) is 11.7 Å². The van der Waals surface area contributed by atoms with Crippen molar-refractivity contribution in [2.75, 3.05) is 0 Å². The molecule has 0 fully saturated rings. The number of aromatic nitrogens is 1. The topological polar surface area (TPSA) is 22.1 Å². The molecule has 0 unspecified atom stereocenters. The normalized spacial score (nSPS) is 10.6. The van der Waals surface area contributed by atoms with Gasteiger partial charge in [0.25, 0.3) is 5.19 Å². The van der Waals surface area contributed by atoms with E-state index in [1.807, 2.05) is 0 Å². The smallest absolute Gasteiger partial charge is 0.280 e. The van der Waals surface area contributed by atoms with Crippen molar-refractivity contribution in [3.05, 3.63) is 38.5 Å². The van der Waals surface area contributed by atoms with Crippen molar-refractivity contribution in [1.82, 2.24) is 4.98 Å². The molecule has 90 valence electrons. The summed E-state index contributed by atoms with van der Waals surface area (Å²) in [5.41, 5.74) is 0. The van der Waals surface area contributed by atoms with E-state index in [2.05, 4.69) is 20.9 Å². The van der Waals surface area contributed by atoms with Crippen LogP contribution in [0.1, 0.15) is 4.88 Å². The Bertz CT molecular complexity index is 549. The Morgan fingerprint density at radius 1 is 1.47 bits per heavy atom. The van der Waals surface area contributed by atoms with Crippen molar-refractivity contribution >= 4 is 50.5 Å². The molecule has 2 aromatic rings. The summed E-state index contributed by atoms with van der Waals surface area (Å²) in [5.74, 6) is 0.226. The number of benzene rings is 1. The molecule has 17 heavy (non-hydrogen) atoms. The number of hydrogen-bond donors (Lipinski definition) is 0. The standard InChI is InChI=1S/C10H5BrCl2FNOS/c11-6-2-1-5(14)3-7(6)16-10-15-9(13)8(4-12)17-10/h1-3H,4H2. The fourth-order valence-corrected chi connectivity index (χ4v) is 2.75. The fraction of sp³-hybridized carbons (Fsp3) is 0.100.